The van der Waals surface area contributed by atoms with Crippen molar-refractivity contribution < 1.29 is 27.8 Å². The largest absolute Gasteiger partial charge is 0.477 e. The summed E-state index contributed by atoms with van der Waals surface area (Å²) >= 11 is 6.02. The van der Waals surface area contributed by atoms with Crippen LogP contribution in [0.2, 0.25) is 5.02 Å². The second kappa shape index (κ2) is 6.84. The molecule has 3 aromatic rings. The highest BCUT2D eigenvalue weighted by Crippen LogP contribution is 2.37. The van der Waals surface area contributed by atoms with Gasteiger partial charge < -0.3 is 9.84 Å². The molecule has 2 aromatic carbocycles. The summed E-state index contributed by atoms with van der Waals surface area (Å²) < 4.78 is 42.4. The molecule has 0 spiro atoms. The van der Waals surface area contributed by atoms with Gasteiger partial charge in [0.05, 0.1) is 5.52 Å². The van der Waals surface area contributed by atoms with Crippen molar-refractivity contribution in [2.45, 2.75) is 6.18 Å². The Kier molecular flexibility index (Phi) is 4.73. The number of carboxylic acids is 1. The van der Waals surface area contributed by atoms with Gasteiger partial charge in [-0.25, -0.2) is 9.78 Å². The normalized spacial score (nSPS) is 11.5. The number of fused-ring (bicyclic) bond motifs is 1. The molecule has 8 heteroatoms. The maximum absolute atomic E-state index is 12.5. The van der Waals surface area contributed by atoms with Crippen LogP contribution in [0, 0.1) is 0 Å². The molecular weight excluding hydrogens is 371 g/mol. The van der Waals surface area contributed by atoms with Gasteiger partial charge in [-0.3, -0.25) is 0 Å². The van der Waals surface area contributed by atoms with Gasteiger partial charge in [-0.1, -0.05) is 41.9 Å². The average molecular weight is 382 g/mol. The van der Waals surface area contributed by atoms with Crippen LogP contribution in [0.4, 0.5) is 13.2 Å². The summed E-state index contributed by atoms with van der Waals surface area (Å²) in [5.41, 5.74) is 0.518. The van der Waals surface area contributed by atoms with Gasteiger partial charge in [0.15, 0.2) is 6.61 Å². The van der Waals surface area contributed by atoms with E-state index in [-0.39, 0.29) is 11.1 Å². The first kappa shape index (κ1) is 18.0. The molecule has 0 bridgehead atoms. The van der Waals surface area contributed by atoms with Crippen molar-refractivity contribution in [2.24, 2.45) is 0 Å². The van der Waals surface area contributed by atoms with Gasteiger partial charge in [0.2, 0.25) is 5.88 Å². The smallest absolute Gasteiger partial charge is 0.422 e. The van der Waals surface area contributed by atoms with E-state index in [4.69, 9.17) is 16.3 Å². The standard InChI is InChI=1S/C18H11ClF3NO3/c19-11-6-7-13-12(8-11)14(10-4-2-1-3-5-10)15(17(24)25)16(23-13)26-9-18(20,21)22/h1-8H,9H2,(H,24,25). The van der Waals surface area contributed by atoms with Crippen LogP contribution in [0.3, 0.4) is 0 Å². The number of benzene rings is 2. The number of carbonyl (C=O) groups is 1. The van der Waals surface area contributed by atoms with Gasteiger partial charge >= 0.3 is 12.1 Å². The summed E-state index contributed by atoms with van der Waals surface area (Å²) in [5, 5.41) is 10.4. The van der Waals surface area contributed by atoms with Crippen LogP contribution in [-0.4, -0.2) is 28.8 Å². The first-order chi connectivity index (χ1) is 12.3. The summed E-state index contributed by atoms with van der Waals surface area (Å²) in [6, 6.07) is 12.9. The molecule has 1 N–H and O–H groups in total. The van der Waals surface area contributed by atoms with Gasteiger partial charge in [0.1, 0.15) is 5.56 Å². The SMILES string of the molecule is O=C(O)c1c(OCC(F)(F)F)nc2ccc(Cl)cc2c1-c1ccccc1. The van der Waals surface area contributed by atoms with Gasteiger partial charge in [0, 0.05) is 16.0 Å². The first-order valence-electron chi connectivity index (χ1n) is 7.38. The zero-order valence-corrected chi connectivity index (χ0v) is 13.8. The molecule has 1 aromatic heterocycles. The van der Waals surface area contributed by atoms with Gasteiger partial charge in [-0.05, 0) is 23.8 Å². The van der Waals surface area contributed by atoms with Crippen LogP contribution in [-0.2, 0) is 0 Å². The Morgan fingerprint density at radius 2 is 1.85 bits per heavy atom. The van der Waals surface area contributed by atoms with Crippen molar-refractivity contribution in [1.82, 2.24) is 4.98 Å². The van der Waals surface area contributed by atoms with Crippen molar-refractivity contribution in [2.75, 3.05) is 6.61 Å². The van der Waals surface area contributed by atoms with Gasteiger partial charge in [-0.2, -0.15) is 13.2 Å². The number of rotatable bonds is 4. The number of aromatic carboxylic acids is 1. The fourth-order valence-electron chi connectivity index (χ4n) is 2.57. The highest BCUT2D eigenvalue weighted by molar-refractivity contribution is 6.31. The summed E-state index contributed by atoms with van der Waals surface area (Å²) in [7, 11) is 0. The summed E-state index contributed by atoms with van der Waals surface area (Å²) in [4.78, 5) is 15.8. The predicted octanol–water partition coefficient (Wildman–Crippen LogP) is 5.19. The second-order valence-electron chi connectivity index (χ2n) is 5.40. The lowest BCUT2D eigenvalue weighted by atomic mass is 9.96. The number of aromatic nitrogens is 1. The minimum atomic E-state index is -4.63. The van der Waals surface area contributed by atoms with Crippen molar-refractivity contribution in [3.63, 3.8) is 0 Å². The second-order valence-corrected chi connectivity index (χ2v) is 5.84. The van der Waals surface area contributed by atoms with Gasteiger partial charge in [-0.15, -0.1) is 0 Å². The zero-order chi connectivity index (χ0) is 18.9. The maximum atomic E-state index is 12.5. The Balaban J connectivity index is 2.33. The molecule has 0 aliphatic rings. The van der Waals surface area contributed by atoms with E-state index >= 15 is 0 Å². The number of ether oxygens (including phenoxy) is 1. The highest BCUT2D eigenvalue weighted by Gasteiger charge is 2.31. The number of carboxylic acid groups (broad SMARTS) is 1. The van der Waals surface area contributed by atoms with Crippen LogP contribution in [0.15, 0.2) is 48.5 Å². The molecule has 0 unspecified atom stereocenters. The van der Waals surface area contributed by atoms with Gasteiger partial charge in [0.25, 0.3) is 0 Å². The van der Waals surface area contributed by atoms with E-state index in [2.05, 4.69) is 4.98 Å². The van der Waals surface area contributed by atoms with Crippen LogP contribution in [0.5, 0.6) is 5.88 Å². The fraction of sp³-hybridized carbons (Fsp3) is 0.111. The Hall–Kier alpha value is -2.80. The average Bonchev–Trinajstić information content (AvgIpc) is 2.58. The molecule has 134 valence electrons. The molecule has 0 amide bonds. The molecule has 3 rings (SSSR count). The molecule has 0 saturated carbocycles. The number of hydrogen-bond acceptors (Lipinski definition) is 3. The highest BCUT2D eigenvalue weighted by atomic mass is 35.5. The van der Waals surface area contributed by atoms with E-state index in [1.54, 1.807) is 30.3 Å². The monoisotopic (exact) mass is 381 g/mol. The third-order valence-electron chi connectivity index (χ3n) is 3.56. The molecule has 0 aliphatic carbocycles. The van der Waals surface area contributed by atoms with Crippen LogP contribution in [0.1, 0.15) is 10.4 Å². The van der Waals surface area contributed by atoms with E-state index in [0.29, 0.717) is 16.0 Å². The van der Waals surface area contributed by atoms with Crippen molar-refractivity contribution in [3.8, 4) is 17.0 Å². The van der Waals surface area contributed by atoms with Crippen molar-refractivity contribution >= 4 is 28.5 Å². The Morgan fingerprint density at radius 1 is 1.15 bits per heavy atom. The van der Waals surface area contributed by atoms with Crippen LogP contribution >= 0.6 is 11.6 Å². The predicted molar refractivity (Wildman–Crippen MR) is 90.7 cm³/mol. The minimum Gasteiger partial charge on any atom is -0.477 e. The van der Waals surface area contributed by atoms with E-state index in [1.807, 2.05) is 0 Å². The number of nitrogens with zero attached hydrogens (tertiary/aromatic N) is 1. The molecule has 0 saturated heterocycles. The number of halogens is 4. The van der Waals surface area contributed by atoms with E-state index in [0.717, 1.165) is 0 Å². The summed E-state index contributed by atoms with van der Waals surface area (Å²) in [5.74, 6) is -2.04. The summed E-state index contributed by atoms with van der Waals surface area (Å²) in [6.45, 7) is -1.65. The molecule has 0 aliphatic heterocycles. The molecule has 26 heavy (non-hydrogen) atoms. The third-order valence-corrected chi connectivity index (χ3v) is 3.80. The van der Waals surface area contributed by atoms with E-state index < -0.39 is 30.2 Å². The number of pyridine rings is 1. The lowest BCUT2D eigenvalue weighted by Gasteiger charge is -2.16. The minimum absolute atomic E-state index is 0.197. The quantitative estimate of drug-likeness (QED) is 0.675. The molecule has 0 radical (unpaired) electrons. The van der Waals surface area contributed by atoms with Crippen molar-refractivity contribution in [3.05, 3.63) is 59.1 Å². The van der Waals surface area contributed by atoms with Crippen LogP contribution in [0.25, 0.3) is 22.0 Å². The third kappa shape index (κ3) is 3.72. The number of alkyl halides is 3. The lowest BCUT2D eigenvalue weighted by Crippen LogP contribution is -2.21. The molecule has 1 heterocycles. The van der Waals surface area contributed by atoms with E-state index in [9.17, 15) is 23.1 Å². The molecule has 0 fully saturated rings. The summed E-state index contributed by atoms with van der Waals surface area (Å²) in [6.07, 6.45) is -4.63. The maximum Gasteiger partial charge on any atom is 0.422 e. The molecule has 4 nitrogen and oxygen atoms in total. The lowest BCUT2D eigenvalue weighted by molar-refractivity contribution is -0.154. The zero-order valence-electron chi connectivity index (χ0n) is 13.0. The van der Waals surface area contributed by atoms with Crippen molar-refractivity contribution in [1.29, 1.82) is 0 Å². The topological polar surface area (TPSA) is 59.4 Å². The van der Waals surface area contributed by atoms with E-state index in [1.165, 1.54) is 18.2 Å². The fourth-order valence-corrected chi connectivity index (χ4v) is 2.74. The number of hydrogen-bond donors (Lipinski definition) is 1. The molecule has 0 atom stereocenters. The molecular formula is C18H11ClF3NO3. The Morgan fingerprint density at radius 3 is 2.46 bits per heavy atom. The first-order valence-corrected chi connectivity index (χ1v) is 7.75. The van der Waals surface area contributed by atoms with Crippen LogP contribution < -0.4 is 4.74 Å². The Labute approximate surface area is 150 Å². The Bertz CT molecular complexity index is 975.